The van der Waals surface area contributed by atoms with Gasteiger partial charge in [-0.1, -0.05) is 6.07 Å². The van der Waals surface area contributed by atoms with E-state index in [1.54, 1.807) is 11.3 Å². The van der Waals surface area contributed by atoms with Crippen molar-refractivity contribution < 1.29 is 9.53 Å². The van der Waals surface area contributed by atoms with Gasteiger partial charge < -0.3 is 15.0 Å². The Kier molecular flexibility index (Phi) is 4.38. The lowest BCUT2D eigenvalue weighted by Gasteiger charge is -2.47. The molecule has 2 fully saturated rings. The zero-order valence-electron chi connectivity index (χ0n) is 11.8. The summed E-state index contributed by atoms with van der Waals surface area (Å²) < 4.78 is 5.71. The summed E-state index contributed by atoms with van der Waals surface area (Å²) in [6, 6.07) is 4.06. The Hall–Kier alpha value is -0.910. The number of hydrogen-bond donors (Lipinski definition) is 1. The average Bonchev–Trinajstić information content (AvgIpc) is 2.95. The number of ether oxygens (including phenoxy) is 1. The number of likely N-dealkylation sites (tertiary alicyclic amines) is 1. The summed E-state index contributed by atoms with van der Waals surface area (Å²) in [6.07, 6.45) is 4.08. The second-order valence-corrected chi connectivity index (χ2v) is 6.76. The van der Waals surface area contributed by atoms with Crippen LogP contribution in [0.4, 0.5) is 0 Å². The quantitative estimate of drug-likeness (QED) is 0.903. The topological polar surface area (TPSA) is 41.6 Å². The van der Waals surface area contributed by atoms with Crippen LogP contribution in [-0.2, 0) is 16.1 Å². The highest BCUT2D eigenvalue weighted by Crippen LogP contribution is 2.36. The number of rotatable bonds is 5. The predicted octanol–water partition coefficient (Wildman–Crippen LogP) is 2.01. The first-order chi connectivity index (χ1) is 9.76. The minimum absolute atomic E-state index is 0.151. The van der Waals surface area contributed by atoms with E-state index in [0.717, 1.165) is 39.1 Å². The van der Waals surface area contributed by atoms with Crippen molar-refractivity contribution >= 4 is 17.2 Å². The summed E-state index contributed by atoms with van der Waals surface area (Å²) in [7, 11) is 0. The molecule has 2 saturated heterocycles. The molecular formula is C15H22N2O2S. The van der Waals surface area contributed by atoms with Crippen molar-refractivity contribution in [3.63, 3.8) is 0 Å². The van der Waals surface area contributed by atoms with Crippen LogP contribution in [0, 0.1) is 0 Å². The Morgan fingerprint density at radius 2 is 2.20 bits per heavy atom. The summed E-state index contributed by atoms with van der Waals surface area (Å²) in [5.74, 6) is 0.151. The Balaban J connectivity index is 1.32. The maximum absolute atomic E-state index is 11.8. The number of nitrogens with zero attached hydrogens (tertiary/aromatic N) is 1. The number of carbonyl (C=O) groups is 1. The molecule has 20 heavy (non-hydrogen) atoms. The molecule has 0 bridgehead atoms. The van der Waals surface area contributed by atoms with Crippen molar-refractivity contribution in [2.75, 3.05) is 26.2 Å². The van der Waals surface area contributed by atoms with E-state index >= 15 is 0 Å². The number of hydrogen-bond acceptors (Lipinski definition) is 4. The van der Waals surface area contributed by atoms with Gasteiger partial charge in [0.2, 0.25) is 5.91 Å². The van der Waals surface area contributed by atoms with E-state index in [2.05, 4.69) is 10.2 Å². The van der Waals surface area contributed by atoms with Gasteiger partial charge in [-0.3, -0.25) is 4.79 Å². The van der Waals surface area contributed by atoms with Crippen molar-refractivity contribution in [1.82, 2.24) is 10.2 Å². The molecule has 1 amide bonds. The van der Waals surface area contributed by atoms with Gasteiger partial charge in [-0.05, 0) is 30.7 Å². The lowest BCUT2D eigenvalue weighted by Crippen LogP contribution is -2.52. The maximum atomic E-state index is 11.8. The van der Waals surface area contributed by atoms with Crippen LogP contribution in [0.5, 0.6) is 0 Å². The van der Waals surface area contributed by atoms with Crippen molar-refractivity contribution in [1.29, 1.82) is 0 Å². The molecule has 0 radical (unpaired) electrons. The van der Waals surface area contributed by atoms with Gasteiger partial charge in [0.25, 0.3) is 0 Å². The molecule has 0 saturated carbocycles. The SMILES string of the molecule is O=C(CCN1CCC2(CCO2)CC1)NCc1cccs1. The monoisotopic (exact) mass is 294 g/mol. The Morgan fingerprint density at radius 1 is 1.40 bits per heavy atom. The third kappa shape index (κ3) is 3.40. The van der Waals surface area contributed by atoms with E-state index in [1.807, 2.05) is 17.5 Å². The highest BCUT2D eigenvalue weighted by molar-refractivity contribution is 7.09. The van der Waals surface area contributed by atoms with Gasteiger partial charge in [-0.25, -0.2) is 0 Å². The number of carbonyl (C=O) groups excluding carboxylic acids is 1. The normalized spacial score (nSPS) is 21.6. The second-order valence-electron chi connectivity index (χ2n) is 5.73. The predicted molar refractivity (Wildman–Crippen MR) is 79.8 cm³/mol. The smallest absolute Gasteiger partial charge is 0.221 e. The molecule has 1 aromatic rings. The van der Waals surface area contributed by atoms with E-state index in [4.69, 9.17) is 4.74 Å². The molecule has 0 aliphatic carbocycles. The molecule has 1 aromatic heterocycles. The van der Waals surface area contributed by atoms with Crippen LogP contribution in [0.15, 0.2) is 17.5 Å². The average molecular weight is 294 g/mol. The zero-order chi connectivity index (χ0) is 13.8. The molecule has 0 unspecified atom stereocenters. The van der Waals surface area contributed by atoms with Gasteiger partial charge in [0, 0.05) is 30.9 Å². The fraction of sp³-hybridized carbons (Fsp3) is 0.667. The van der Waals surface area contributed by atoms with E-state index in [-0.39, 0.29) is 11.5 Å². The number of nitrogens with one attached hydrogen (secondary N) is 1. The first-order valence-electron chi connectivity index (χ1n) is 7.41. The fourth-order valence-corrected chi connectivity index (χ4v) is 3.56. The lowest BCUT2D eigenvalue weighted by molar-refractivity contribution is -0.172. The summed E-state index contributed by atoms with van der Waals surface area (Å²) >= 11 is 1.68. The molecule has 3 rings (SSSR count). The summed E-state index contributed by atoms with van der Waals surface area (Å²) in [4.78, 5) is 15.4. The van der Waals surface area contributed by atoms with Gasteiger partial charge >= 0.3 is 0 Å². The van der Waals surface area contributed by atoms with Crippen molar-refractivity contribution in [3.05, 3.63) is 22.4 Å². The van der Waals surface area contributed by atoms with Gasteiger partial charge in [0.05, 0.1) is 18.8 Å². The summed E-state index contributed by atoms with van der Waals surface area (Å²) in [5, 5.41) is 5.02. The van der Waals surface area contributed by atoms with E-state index in [9.17, 15) is 4.79 Å². The third-order valence-electron chi connectivity index (χ3n) is 4.43. The molecule has 3 heterocycles. The Morgan fingerprint density at radius 3 is 2.80 bits per heavy atom. The minimum atomic E-state index is 0.151. The molecule has 0 aromatic carbocycles. The Labute approximate surface area is 124 Å². The van der Waals surface area contributed by atoms with Gasteiger partial charge in [0.1, 0.15) is 0 Å². The molecular weight excluding hydrogens is 272 g/mol. The van der Waals surface area contributed by atoms with Crippen LogP contribution in [0.25, 0.3) is 0 Å². The molecule has 4 nitrogen and oxygen atoms in total. The van der Waals surface area contributed by atoms with Crippen LogP contribution < -0.4 is 5.32 Å². The molecule has 5 heteroatoms. The van der Waals surface area contributed by atoms with E-state index < -0.39 is 0 Å². The molecule has 0 atom stereocenters. The first-order valence-corrected chi connectivity index (χ1v) is 8.29. The van der Waals surface area contributed by atoms with Crippen LogP contribution >= 0.6 is 11.3 Å². The summed E-state index contributed by atoms with van der Waals surface area (Å²) in [5.41, 5.74) is 0.206. The van der Waals surface area contributed by atoms with E-state index in [0.29, 0.717) is 13.0 Å². The van der Waals surface area contributed by atoms with Crippen LogP contribution in [0.1, 0.15) is 30.6 Å². The largest absolute Gasteiger partial charge is 0.375 e. The second kappa shape index (κ2) is 6.24. The number of amides is 1. The highest BCUT2D eigenvalue weighted by Gasteiger charge is 2.40. The van der Waals surface area contributed by atoms with Crippen LogP contribution in [0.2, 0.25) is 0 Å². The van der Waals surface area contributed by atoms with Crippen molar-refractivity contribution in [3.8, 4) is 0 Å². The molecule has 1 N–H and O–H groups in total. The minimum Gasteiger partial charge on any atom is -0.375 e. The van der Waals surface area contributed by atoms with Gasteiger partial charge in [0.15, 0.2) is 0 Å². The fourth-order valence-electron chi connectivity index (χ4n) is 2.92. The molecule has 2 aliphatic heterocycles. The van der Waals surface area contributed by atoms with Gasteiger partial charge in [-0.15, -0.1) is 11.3 Å². The third-order valence-corrected chi connectivity index (χ3v) is 5.30. The van der Waals surface area contributed by atoms with Crippen LogP contribution in [0.3, 0.4) is 0 Å². The number of piperidine rings is 1. The van der Waals surface area contributed by atoms with E-state index in [1.165, 1.54) is 11.3 Å². The number of thiophene rings is 1. The molecule has 1 spiro atoms. The Bertz CT molecular complexity index is 433. The van der Waals surface area contributed by atoms with Crippen molar-refractivity contribution in [2.45, 2.75) is 37.8 Å². The highest BCUT2D eigenvalue weighted by atomic mass is 32.1. The lowest BCUT2D eigenvalue weighted by atomic mass is 9.84. The van der Waals surface area contributed by atoms with Crippen LogP contribution in [-0.4, -0.2) is 42.6 Å². The molecule has 110 valence electrons. The standard InChI is InChI=1S/C15H22N2O2S/c18-14(16-12-13-2-1-11-20-13)3-7-17-8-4-15(5-9-17)6-10-19-15/h1-2,11H,3-10,12H2,(H,16,18). The van der Waals surface area contributed by atoms with Gasteiger partial charge in [-0.2, -0.15) is 0 Å². The molecule has 2 aliphatic rings. The zero-order valence-corrected chi connectivity index (χ0v) is 12.6. The first kappa shape index (κ1) is 14.0. The van der Waals surface area contributed by atoms with Crippen molar-refractivity contribution in [2.24, 2.45) is 0 Å². The summed E-state index contributed by atoms with van der Waals surface area (Å²) in [6.45, 7) is 4.60. The maximum Gasteiger partial charge on any atom is 0.221 e.